The molecule has 1 aromatic heterocycles. The molecule has 0 aliphatic heterocycles. The van der Waals surface area contributed by atoms with E-state index < -0.39 is 32.2 Å². The molecule has 118 valence electrons. The van der Waals surface area contributed by atoms with Gasteiger partial charge in [-0.05, 0) is 28.1 Å². The van der Waals surface area contributed by atoms with E-state index in [2.05, 4.69) is 20.9 Å². The number of nitrogens with zero attached hydrogens (tertiary/aromatic N) is 4. The van der Waals surface area contributed by atoms with E-state index in [1.165, 1.54) is 0 Å². The van der Waals surface area contributed by atoms with Crippen molar-refractivity contribution in [2.45, 2.75) is 11.1 Å². The fourth-order valence-corrected chi connectivity index (χ4v) is 3.43. The summed E-state index contributed by atoms with van der Waals surface area (Å²) in [4.78, 5) is 2.73. The first-order chi connectivity index (χ1) is 10.0. The summed E-state index contributed by atoms with van der Waals surface area (Å²) in [6.07, 6.45) is -3.29. The van der Waals surface area contributed by atoms with Gasteiger partial charge < -0.3 is 0 Å². The molecule has 0 bridgehead atoms. The number of hydrogen-bond donors (Lipinski definition) is 0. The number of nitriles is 1. The van der Waals surface area contributed by atoms with Gasteiger partial charge in [0.1, 0.15) is 11.1 Å². The fourth-order valence-electron chi connectivity index (χ4n) is 1.88. The molecule has 0 aliphatic rings. The van der Waals surface area contributed by atoms with Crippen LogP contribution in [0.15, 0.2) is 21.8 Å². The monoisotopic (exact) mass is 396 g/mol. The number of sulfonamides is 1. The SMILES string of the molecule is CN(C)S(=O)(=O)c1ccc2c(nc(Br)n2C#N)c1C(F)(F)F. The van der Waals surface area contributed by atoms with Crippen LogP contribution < -0.4 is 0 Å². The van der Waals surface area contributed by atoms with Crippen molar-refractivity contribution in [2.24, 2.45) is 0 Å². The van der Waals surface area contributed by atoms with Crippen molar-refractivity contribution in [3.63, 3.8) is 0 Å². The van der Waals surface area contributed by atoms with E-state index in [4.69, 9.17) is 5.26 Å². The van der Waals surface area contributed by atoms with E-state index in [0.717, 1.165) is 30.8 Å². The predicted octanol–water partition coefficient (Wildman–Crippen LogP) is 2.40. The summed E-state index contributed by atoms with van der Waals surface area (Å²) in [7, 11) is -2.07. The zero-order valence-electron chi connectivity index (χ0n) is 11.2. The quantitative estimate of drug-likeness (QED) is 0.780. The predicted molar refractivity (Wildman–Crippen MR) is 74.3 cm³/mol. The number of rotatable bonds is 2. The molecule has 2 rings (SSSR count). The molecule has 0 radical (unpaired) electrons. The Kier molecular flexibility index (Phi) is 3.97. The van der Waals surface area contributed by atoms with Crippen LogP contribution in [0.3, 0.4) is 0 Å². The Morgan fingerprint density at radius 1 is 1.36 bits per heavy atom. The number of benzene rings is 1. The van der Waals surface area contributed by atoms with Gasteiger partial charge in [-0.2, -0.15) is 18.4 Å². The van der Waals surface area contributed by atoms with Crippen LogP contribution >= 0.6 is 15.9 Å². The van der Waals surface area contributed by atoms with Gasteiger partial charge in [0.2, 0.25) is 10.0 Å². The van der Waals surface area contributed by atoms with Crippen LogP contribution in [0.2, 0.25) is 0 Å². The normalized spacial score (nSPS) is 12.8. The minimum atomic E-state index is -4.95. The van der Waals surface area contributed by atoms with Crippen molar-refractivity contribution >= 4 is 37.0 Å². The standard InChI is InChI=1S/C11H8BrF3N4O2S/c1-18(2)22(20,21)7-4-3-6-9(8(7)11(13,14)15)17-10(12)19(6)5-16/h3-4H,1-2H3. The minimum absolute atomic E-state index is 0.139. The molecule has 1 heterocycles. The lowest BCUT2D eigenvalue weighted by Gasteiger charge is -2.17. The summed E-state index contributed by atoms with van der Waals surface area (Å²) in [5.74, 6) is 0. The van der Waals surface area contributed by atoms with Crippen molar-refractivity contribution in [1.29, 1.82) is 5.26 Å². The van der Waals surface area contributed by atoms with Gasteiger partial charge in [0.05, 0.1) is 10.4 Å². The van der Waals surface area contributed by atoms with Crippen molar-refractivity contribution in [2.75, 3.05) is 14.1 Å². The molecule has 22 heavy (non-hydrogen) atoms. The van der Waals surface area contributed by atoms with Crippen LogP contribution in [0, 0.1) is 11.5 Å². The minimum Gasteiger partial charge on any atom is -0.222 e. The van der Waals surface area contributed by atoms with Crippen molar-refractivity contribution < 1.29 is 21.6 Å². The lowest BCUT2D eigenvalue weighted by molar-refractivity contribution is -0.138. The molecule has 0 fully saturated rings. The molecule has 0 N–H and O–H groups in total. The Morgan fingerprint density at radius 3 is 2.41 bits per heavy atom. The molecule has 0 atom stereocenters. The molecule has 0 saturated heterocycles. The van der Waals surface area contributed by atoms with E-state index in [9.17, 15) is 21.6 Å². The molecule has 1 aromatic carbocycles. The van der Waals surface area contributed by atoms with Crippen LogP contribution in [0.5, 0.6) is 0 Å². The van der Waals surface area contributed by atoms with Crippen LogP contribution in [0.4, 0.5) is 13.2 Å². The van der Waals surface area contributed by atoms with Gasteiger partial charge in [0, 0.05) is 14.1 Å². The Morgan fingerprint density at radius 2 is 1.95 bits per heavy atom. The molecule has 2 aromatic rings. The number of halogens is 4. The summed E-state index contributed by atoms with van der Waals surface area (Å²) in [5, 5.41) is 8.95. The molecule has 0 spiro atoms. The highest BCUT2D eigenvalue weighted by Crippen LogP contribution is 2.40. The Balaban J connectivity index is 3.02. The van der Waals surface area contributed by atoms with Crippen LogP contribution in [-0.2, 0) is 16.2 Å². The lowest BCUT2D eigenvalue weighted by Crippen LogP contribution is -2.25. The average Bonchev–Trinajstić information content (AvgIpc) is 2.70. The second-order valence-corrected chi connectivity index (χ2v) is 7.24. The third-order valence-corrected chi connectivity index (χ3v) is 5.28. The van der Waals surface area contributed by atoms with Crippen molar-refractivity contribution in [3.8, 4) is 6.19 Å². The number of hydrogen-bond acceptors (Lipinski definition) is 4. The second kappa shape index (κ2) is 5.22. The zero-order chi connectivity index (χ0) is 16.9. The van der Waals surface area contributed by atoms with E-state index in [0.29, 0.717) is 4.31 Å². The van der Waals surface area contributed by atoms with Gasteiger partial charge >= 0.3 is 6.18 Å². The molecule has 11 heteroatoms. The van der Waals surface area contributed by atoms with Gasteiger partial charge in [-0.25, -0.2) is 22.3 Å². The average molecular weight is 397 g/mol. The highest BCUT2D eigenvalue weighted by Gasteiger charge is 2.41. The fraction of sp³-hybridized carbons (Fsp3) is 0.273. The summed E-state index contributed by atoms with van der Waals surface area (Å²) in [5.41, 5.74) is -2.14. The summed E-state index contributed by atoms with van der Waals surface area (Å²) in [6.45, 7) is 0. The molecular formula is C11H8BrF3N4O2S. The first-order valence-corrected chi connectivity index (χ1v) is 7.86. The number of fused-ring (bicyclic) bond motifs is 1. The molecule has 0 unspecified atom stereocenters. The van der Waals surface area contributed by atoms with E-state index in [-0.39, 0.29) is 10.3 Å². The summed E-state index contributed by atoms with van der Waals surface area (Å²) < 4.78 is 65.8. The molecule has 0 saturated carbocycles. The Labute approximate surface area is 131 Å². The summed E-state index contributed by atoms with van der Waals surface area (Å²) in [6, 6.07) is 1.93. The van der Waals surface area contributed by atoms with Gasteiger partial charge in [0.25, 0.3) is 0 Å². The van der Waals surface area contributed by atoms with E-state index in [1.807, 2.05) is 0 Å². The highest BCUT2D eigenvalue weighted by molar-refractivity contribution is 9.10. The third kappa shape index (κ3) is 2.47. The zero-order valence-corrected chi connectivity index (χ0v) is 13.6. The largest absolute Gasteiger partial charge is 0.419 e. The maximum atomic E-state index is 13.4. The number of alkyl halides is 3. The van der Waals surface area contributed by atoms with Crippen LogP contribution in [0.25, 0.3) is 11.0 Å². The van der Waals surface area contributed by atoms with E-state index >= 15 is 0 Å². The van der Waals surface area contributed by atoms with Gasteiger partial charge in [-0.1, -0.05) is 0 Å². The van der Waals surface area contributed by atoms with Crippen molar-refractivity contribution in [1.82, 2.24) is 13.9 Å². The van der Waals surface area contributed by atoms with Gasteiger partial charge in [-0.15, -0.1) is 0 Å². The maximum absolute atomic E-state index is 13.4. The molecular weight excluding hydrogens is 389 g/mol. The topological polar surface area (TPSA) is 79.0 Å². The first kappa shape index (κ1) is 16.7. The van der Waals surface area contributed by atoms with Gasteiger partial charge in [-0.3, -0.25) is 0 Å². The maximum Gasteiger partial charge on any atom is 0.419 e. The number of aromatic nitrogens is 2. The lowest BCUT2D eigenvalue weighted by atomic mass is 10.1. The molecule has 0 amide bonds. The molecule has 6 nitrogen and oxygen atoms in total. The van der Waals surface area contributed by atoms with E-state index in [1.54, 1.807) is 6.19 Å². The second-order valence-electron chi connectivity index (χ2n) is 4.41. The first-order valence-electron chi connectivity index (χ1n) is 5.62. The van der Waals surface area contributed by atoms with Crippen LogP contribution in [-0.4, -0.2) is 36.4 Å². The molecule has 0 aliphatic carbocycles. The highest BCUT2D eigenvalue weighted by atomic mass is 79.9. The number of imidazole rings is 1. The van der Waals surface area contributed by atoms with Gasteiger partial charge in [0.15, 0.2) is 10.9 Å². The smallest absolute Gasteiger partial charge is 0.222 e. The Hall–Kier alpha value is -1.64. The van der Waals surface area contributed by atoms with Crippen LogP contribution in [0.1, 0.15) is 5.56 Å². The summed E-state index contributed by atoms with van der Waals surface area (Å²) >= 11 is 2.88. The van der Waals surface area contributed by atoms with Crippen molar-refractivity contribution in [3.05, 3.63) is 22.4 Å². The third-order valence-electron chi connectivity index (χ3n) is 2.89. The Bertz CT molecular complexity index is 897.